The van der Waals surface area contributed by atoms with Crippen LogP contribution >= 0.6 is 0 Å². The molecule has 0 saturated heterocycles. The summed E-state index contributed by atoms with van der Waals surface area (Å²) in [6, 6.07) is 22.6. The average Bonchev–Trinajstić information content (AvgIpc) is 3.05. The molecule has 2 nitrogen and oxygen atoms in total. The van der Waals surface area contributed by atoms with Gasteiger partial charge in [-0.3, -0.25) is 0 Å². The van der Waals surface area contributed by atoms with Gasteiger partial charge in [-0.25, -0.2) is 8.78 Å². The summed E-state index contributed by atoms with van der Waals surface area (Å²) in [7, 11) is 0. The Hall–Kier alpha value is -3.71. The number of aromatic nitrogens is 1. The van der Waals surface area contributed by atoms with Crippen LogP contribution in [0.1, 0.15) is 16.7 Å². The Kier molecular flexibility index (Phi) is 4.74. The number of fused-ring (bicyclic) bond motifs is 1. The Morgan fingerprint density at radius 1 is 0.964 bits per heavy atom. The molecule has 1 heterocycles. The van der Waals surface area contributed by atoms with Gasteiger partial charge in [0.25, 0.3) is 0 Å². The monoisotopic (exact) mass is 370 g/mol. The van der Waals surface area contributed by atoms with E-state index in [9.17, 15) is 14.0 Å². The molecular formula is C24H16F2N2. The SMILES string of the molecule is N#C/C(=C/c1cn(Cc2ccccc2F)c2ccccc12)c1cccc(F)c1. The lowest BCUT2D eigenvalue weighted by atomic mass is 10.0. The van der Waals surface area contributed by atoms with E-state index in [1.54, 1.807) is 30.3 Å². The molecule has 136 valence electrons. The second kappa shape index (κ2) is 7.50. The lowest BCUT2D eigenvalue weighted by molar-refractivity contribution is 0.602. The van der Waals surface area contributed by atoms with E-state index in [2.05, 4.69) is 6.07 Å². The van der Waals surface area contributed by atoms with Crippen LogP contribution in [0.15, 0.2) is 79.0 Å². The van der Waals surface area contributed by atoms with Crippen LogP contribution in [0.25, 0.3) is 22.6 Å². The standard InChI is InChI=1S/C24H16F2N2/c25-21-8-5-7-17(13-21)19(14-27)12-20-16-28(24-11-4-2-9-22(20)24)15-18-6-1-3-10-23(18)26/h1-13,16H,15H2/b19-12-. The van der Waals surface area contributed by atoms with Crippen molar-refractivity contribution in [3.63, 3.8) is 0 Å². The molecule has 0 fully saturated rings. The van der Waals surface area contributed by atoms with Gasteiger partial charge >= 0.3 is 0 Å². The summed E-state index contributed by atoms with van der Waals surface area (Å²) in [6.45, 7) is 0.378. The van der Waals surface area contributed by atoms with Gasteiger partial charge in [-0.05, 0) is 35.9 Å². The lowest BCUT2D eigenvalue weighted by Crippen LogP contribution is -2.00. The Bertz CT molecular complexity index is 1230. The maximum Gasteiger partial charge on any atom is 0.128 e. The number of hydrogen-bond donors (Lipinski definition) is 0. The maximum absolute atomic E-state index is 14.1. The zero-order chi connectivity index (χ0) is 19.5. The van der Waals surface area contributed by atoms with Crippen LogP contribution in [0.5, 0.6) is 0 Å². The number of benzene rings is 3. The number of nitriles is 1. The highest BCUT2D eigenvalue weighted by Gasteiger charge is 2.11. The third-order valence-electron chi connectivity index (χ3n) is 4.67. The molecule has 0 aliphatic rings. The minimum Gasteiger partial charge on any atom is -0.342 e. The number of hydrogen-bond acceptors (Lipinski definition) is 1. The first-order valence-corrected chi connectivity index (χ1v) is 8.85. The maximum atomic E-state index is 14.1. The summed E-state index contributed by atoms with van der Waals surface area (Å²) < 4.78 is 29.6. The van der Waals surface area contributed by atoms with Gasteiger partial charge in [0, 0.05) is 28.2 Å². The third-order valence-corrected chi connectivity index (χ3v) is 4.67. The van der Waals surface area contributed by atoms with Crippen LogP contribution in [0.3, 0.4) is 0 Å². The fourth-order valence-corrected chi connectivity index (χ4v) is 3.32. The highest BCUT2D eigenvalue weighted by molar-refractivity contribution is 5.98. The highest BCUT2D eigenvalue weighted by Crippen LogP contribution is 2.27. The van der Waals surface area contributed by atoms with E-state index in [1.165, 1.54) is 18.2 Å². The van der Waals surface area contributed by atoms with Crippen molar-refractivity contribution >= 4 is 22.6 Å². The molecule has 0 spiro atoms. The predicted molar refractivity (Wildman–Crippen MR) is 107 cm³/mol. The van der Waals surface area contributed by atoms with Gasteiger partial charge < -0.3 is 4.57 Å². The summed E-state index contributed by atoms with van der Waals surface area (Å²) in [5.74, 6) is -0.643. The smallest absolute Gasteiger partial charge is 0.128 e. The van der Waals surface area contributed by atoms with Crippen molar-refractivity contribution in [2.45, 2.75) is 6.54 Å². The lowest BCUT2D eigenvalue weighted by Gasteiger charge is -2.06. The predicted octanol–water partition coefficient (Wildman–Crippen LogP) is 6.03. The molecule has 1 aromatic heterocycles. The Balaban J connectivity index is 1.82. The highest BCUT2D eigenvalue weighted by atomic mass is 19.1. The molecule has 3 aromatic carbocycles. The Morgan fingerprint density at radius 3 is 2.54 bits per heavy atom. The molecular weight excluding hydrogens is 354 g/mol. The molecule has 0 N–H and O–H groups in total. The largest absolute Gasteiger partial charge is 0.342 e. The molecule has 0 saturated carbocycles. The van der Waals surface area contributed by atoms with Crippen LogP contribution in [0.4, 0.5) is 8.78 Å². The van der Waals surface area contributed by atoms with Gasteiger partial charge in [0.15, 0.2) is 0 Å². The quantitative estimate of drug-likeness (QED) is 0.403. The summed E-state index contributed by atoms with van der Waals surface area (Å²) in [6.07, 6.45) is 3.64. The van der Waals surface area contributed by atoms with Gasteiger partial charge in [-0.1, -0.05) is 48.5 Å². The first kappa shape index (κ1) is 17.7. The summed E-state index contributed by atoms with van der Waals surface area (Å²) in [5.41, 5.74) is 3.24. The molecule has 4 aromatic rings. The van der Waals surface area contributed by atoms with Crippen LogP contribution in [-0.4, -0.2) is 4.57 Å². The first-order chi connectivity index (χ1) is 13.7. The molecule has 0 bridgehead atoms. The summed E-state index contributed by atoms with van der Waals surface area (Å²) in [5, 5.41) is 10.5. The fraction of sp³-hybridized carbons (Fsp3) is 0.0417. The number of allylic oxidation sites excluding steroid dienone is 1. The molecule has 0 amide bonds. The second-order valence-electron chi connectivity index (χ2n) is 6.50. The van der Waals surface area contributed by atoms with Crippen molar-refractivity contribution in [2.24, 2.45) is 0 Å². The average molecular weight is 370 g/mol. The molecule has 0 aliphatic carbocycles. The van der Waals surface area contributed by atoms with Gasteiger partial charge in [0.05, 0.1) is 18.2 Å². The molecule has 0 aliphatic heterocycles. The topological polar surface area (TPSA) is 28.7 Å². The van der Waals surface area contributed by atoms with Crippen LogP contribution in [0, 0.1) is 23.0 Å². The van der Waals surface area contributed by atoms with Gasteiger partial charge in [-0.2, -0.15) is 5.26 Å². The van der Waals surface area contributed by atoms with E-state index in [-0.39, 0.29) is 11.6 Å². The first-order valence-electron chi connectivity index (χ1n) is 8.85. The van der Waals surface area contributed by atoms with Crippen molar-refractivity contribution < 1.29 is 8.78 Å². The van der Waals surface area contributed by atoms with E-state index >= 15 is 0 Å². The molecule has 0 atom stereocenters. The van der Waals surface area contributed by atoms with Crippen molar-refractivity contribution in [1.82, 2.24) is 4.57 Å². The van der Waals surface area contributed by atoms with E-state index in [1.807, 2.05) is 41.1 Å². The molecule has 4 rings (SSSR count). The zero-order valence-electron chi connectivity index (χ0n) is 14.9. The van der Waals surface area contributed by atoms with E-state index < -0.39 is 0 Å². The van der Waals surface area contributed by atoms with Gasteiger partial charge in [0.2, 0.25) is 0 Å². The van der Waals surface area contributed by atoms with Gasteiger partial charge in [0.1, 0.15) is 11.6 Å². The fourth-order valence-electron chi connectivity index (χ4n) is 3.32. The van der Waals surface area contributed by atoms with Crippen LogP contribution < -0.4 is 0 Å². The molecule has 4 heteroatoms. The number of nitrogens with zero attached hydrogens (tertiary/aromatic N) is 2. The van der Waals surface area contributed by atoms with Crippen molar-refractivity contribution in [3.05, 3.63) is 107 Å². The Morgan fingerprint density at radius 2 is 1.75 bits per heavy atom. The number of halogens is 2. The normalized spacial score (nSPS) is 11.5. The summed E-state index contributed by atoms with van der Waals surface area (Å²) >= 11 is 0. The zero-order valence-corrected chi connectivity index (χ0v) is 14.9. The number of para-hydroxylation sites is 1. The molecule has 28 heavy (non-hydrogen) atoms. The van der Waals surface area contributed by atoms with Crippen LogP contribution in [-0.2, 0) is 6.54 Å². The second-order valence-corrected chi connectivity index (χ2v) is 6.50. The minimum absolute atomic E-state index is 0.255. The minimum atomic E-state index is -0.388. The van der Waals surface area contributed by atoms with E-state index in [4.69, 9.17) is 0 Å². The van der Waals surface area contributed by atoms with Crippen molar-refractivity contribution in [3.8, 4) is 6.07 Å². The Labute approximate surface area is 161 Å². The van der Waals surface area contributed by atoms with Gasteiger partial charge in [-0.15, -0.1) is 0 Å². The third kappa shape index (κ3) is 3.43. The van der Waals surface area contributed by atoms with E-state index in [0.29, 0.717) is 23.2 Å². The van der Waals surface area contributed by atoms with Crippen molar-refractivity contribution in [1.29, 1.82) is 5.26 Å². The van der Waals surface area contributed by atoms with Crippen molar-refractivity contribution in [2.75, 3.05) is 0 Å². The molecule has 0 radical (unpaired) electrons. The molecule has 0 unspecified atom stereocenters. The number of rotatable bonds is 4. The summed E-state index contributed by atoms with van der Waals surface area (Å²) in [4.78, 5) is 0. The van der Waals surface area contributed by atoms with E-state index in [0.717, 1.165) is 16.5 Å². The van der Waals surface area contributed by atoms with Crippen LogP contribution in [0.2, 0.25) is 0 Å².